The number of aliphatic hydroxyl groups excluding tert-OH is 1. The number of aliphatic hydroxyl groups is 1. The fourth-order valence-electron chi connectivity index (χ4n) is 3.41. The molecule has 1 N–H and O–H groups in total. The van der Waals surface area contributed by atoms with Crippen molar-refractivity contribution in [2.75, 3.05) is 0 Å². The second-order valence-corrected chi connectivity index (χ2v) is 9.66. The summed E-state index contributed by atoms with van der Waals surface area (Å²) in [5.41, 5.74) is 4.44. The predicted molar refractivity (Wildman–Crippen MR) is 133 cm³/mol. The molecule has 0 aromatic heterocycles. The fourth-order valence-corrected chi connectivity index (χ4v) is 3.41. The average molecular weight is 494 g/mol. The normalized spacial score (nSPS) is 11.8. The van der Waals surface area contributed by atoms with E-state index < -0.39 is 23.1 Å². The molecule has 0 radical (unpaired) electrons. The molecule has 1 aliphatic carbocycles. The van der Waals surface area contributed by atoms with E-state index in [2.05, 4.69) is 60.7 Å². The first kappa shape index (κ1) is 24.5. The minimum atomic E-state index is -0.556. The van der Waals surface area contributed by atoms with Crippen LogP contribution in [-0.4, -0.2) is 5.11 Å². The summed E-state index contributed by atoms with van der Waals surface area (Å²) >= 11 is -0.556. The van der Waals surface area contributed by atoms with E-state index in [-0.39, 0.29) is 0 Å². The molecule has 1 nitrogen and oxygen atoms in total. The van der Waals surface area contributed by atoms with Gasteiger partial charge in [-0.15, -0.1) is 40.8 Å². The van der Waals surface area contributed by atoms with Crippen LogP contribution in [0.3, 0.4) is 0 Å². The standard InChI is InChI=1S/C15H11.C13H12O.2ClH.Ti/c1-2-6-12(5-1)15-10-9-13-7-3-4-8-14(13)11-15;14-13(11-7-3-1-4-8-11)12-9-5-2-6-10-12;;;/h1-5,7-10H,6H2;1-10,13-14H;2*1H;/q-1;;;;+2/p-2. The Labute approximate surface area is 206 Å². The van der Waals surface area contributed by atoms with E-state index in [4.69, 9.17) is 18.6 Å². The monoisotopic (exact) mass is 493 g/mol. The number of halogens is 2. The molecular formula is C28H23Cl2OTi-. The van der Waals surface area contributed by atoms with E-state index in [1.54, 1.807) is 0 Å². The first-order valence-electron chi connectivity index (χ1n) is 10.2. The Bertz CT molecular complexity index is 1120. The van der Waals surface area contributed by atoms with Crippen LogP contribution in [-0.2, 0) is 17.0 Å². The van der Waals surface area contributed by atoms with Crippen molar-refractivity contribution in [3.63, 3.8) is 0 Å². The Kier molecular flexibility index (Phi) is 10.3. The molecule has 5 rings (SSSR count). The third-order valence-corrected chi connectivity index (χ3v) is 5.01. The molecule has 32 heavy (non-hydrogen) atoms. The molecule has 4 heteroatoms. The van der Waals surface area contributed by atoms with Crippen molar-refractivity contribution in [1.29, 1.82) is 0 Å². The molecule has 0 saturated carbocycles. The molecule has 4 aromatic carbocycles. The summed E-state index contributed by atoms with van der Waals surface area (Å²) in [5, 5.41) is 12.4. The largest absolute Gasteiger partial charge is 0.125 e. The van der Waals surface area contributed by atoms with Crippen LogP contribution < -0.4 is 0 Å². The number of benzene rings is 4. The van der Waals surface area contributed by atoms with Gasteiger partial charge in [-0.1, -0.05) is 102 Å². The Hall–Kier alpha value is -2.13. The van der Waals surface area contributed by atoms with Crippen molar-refractivity contribution in [1.82, 2.24) is 0 Å². The maximum absolute atomic E-state index is 9.99. The van der Waals surface area contributed by atoms with Crippen LogP contribution in [0.25, 0.3) is 16.3 Å². The van der Waals surface area contributed by atoms with Gasteiger partial charge in [0.15, 0.2) is 0 Å². The van der Waals surface area contributed by atoms with E-state index in [0.29, 0.717) is 0 Å². The molecule has 0 fully saturated rings. The summed E-state index contributed by atoms with van der Waals surface area (Å²) in [6.07, 6.45) is 6.98. The van der Waals surface area contributed by atoms with Crippen molar-refractivity contribution in [2.24, 2.45) is 0 Å². The third-order valence-electron chi connectivity index (χ3n) is 5.01. The topological polar surface area (TPSA) is 20.2 Å². The van der Waals surface area contributed by atoms with Crippen LogP contribution >= 0.6 is 18.6 Å². The summed E-state index contributed by atoms with van der Waals surface area (Å²) in [6, 6.07) is 35.5. The van der Waals surface area contributed by atoms with Gasteiger partial charge in [-0.25, -0.2) is 0 Å². The quantitative estimate of drug-likeness (QED) is 0.225. The molecular weight excluding hydrogens is 471 g/mol. The SMILES string of the molecule is OC(c1ccccc1)c1ccccc1.[Cl][Ti][Cl].[c-]1c(C2=CC=CC2)ccc2ccccc12. The summed E-state index contributed by atoms with van der Waals surface area (Å²) in [4.78, 5) is 0. The second-order valence-electron chi connectivity index (χ2n) is 7.08. The van der Waals surface area contributed by atoms with Gasteiger partial charge in [0.05, 0.1) is 0 Å². The molecule has 4 aromatic rings. The van der Waals surface area contributed by atoms with E-state index in [1.165, 1.54) is 21.9 Å². The van der Waals surface area contributed by atoms with Gasteiger partial charge in [0.1, 0.15) is 6.10 Å². The Morgan fingerprint density at radius 3 is 1.88 bits per heavy atom. The van der Waals surface area contributed by atoms with Gasteiger partial charge in [0.2, 0.25) is 0 Å². The maximum atomic E-state index is 9.99. The molecule has 0 saturated heterocycles. The Morgan fingerprint density at radius 2 is 1.31 bits per heavy atom. The molecule has 0 bridgehead atoms. The van der Waals surface area contributed by atoms with Crippen LogP contribution in [0.2, 0.25) is 0 Å². The van der Waals surface area contributed by atoms with Crippen molar-refractivity contribution in [3.05, 3.63) is 138 Å². The second kappa shape index (κ2) is 13.4. The molecule has 0 heterocycles. The zero-order valence-electron chi connectivity index (χ0n) is 17.5. The van der Waals surface area contributed by atoms with Crippen LogP contribution in [0.15, 0.2) is 115 Å². The van der Waals surface area contributed by atoms with Gasteiger partial charge >= 0.3 is 35.6 Å². The van der Waals surface area contributed by atoms with Gasteiger partial charge in [-0.05, 0) is 17.5 Å². The van der Waals surface area contributed by atoms with E-state index in [9.17, 15) is 5.11 Å². The van der Waals surface area contributed by atoms with E-state index in [1.807, 2.05) is 60.7 Å². The van der Waals surface area contributed by atoms with Gasteiger partial charge in [-0.3, -0.25) is 0 Å². The van der Waals surface area contributed by atoms with Crippen LogP contribution in [0.4, 0.5) is 0 Å². The van der Waals surface area contributed by atoms with Crippen LogP contribution in [0, 0.1) is 6.07 Å². The van der Waals surface area contributed by atoms with Gasteiger partial charge in [0, 0.05) is 0 Å². The zero-order valence-corrected chi connectivity index (χ0v) is 20.5. The summed E-state index contributed by atoms with van der Waals surface area (Å²) < 4.78 is 0. The molecule has 1 aliphatic rings. The summed E-state index contributed by atoms with van der Waals surface area (Å²) in [5.74, 6) is 0. The minimum Gasteiger partial charge on any atom is -0.125 e. The van der Waals surface area contributed by atoms with Gasteiger partial charge in [-0.2, -0.15) is 0 Å². The first-order chi connectivity index (χ1) is 15.7. The van der Waals surface area contributed by atoms with Crippen molar-refractivity contribution < 1.29 is 22.1 Å². The smallest absolute Gasteiger partial charge is 0.0365 e. The summed E-state index contributed by atoms with van der Waals surface area (Å²) in [6.45, 7) is 0. The fraction of sp³-hybridized carbons (Fsp3) is 0.0714. The number of allylic oxidation sites excluding steroid dienone is 4. The zero-order chi connectivity index (χ0) is 22.6. The number of rotatable bonds is 3. The molecule has 0 unspecified atom stereocenters. The summed E-state index contributed by atoms with van der Waals surface area (Å²) in [7, 11) is 9.78. The predicted octanol–water partition coefficient (Wildman–Crippen LogP) is 8.13. The van der Waals surface area contributed by atoms with E-state index in [0.717, 1.165) is 17.5 Å². The number of fused-ring (bicyclic) bond motifs is 1. The van der Waals surface area contributed by atoms with Crippen LogP contribution in [0.1, 0.15) is 29.2 Å². The van der Waals surface area contributed by atoms with Crippen LogP contribution in [0.5, 0.6) is 0 Å². The molecule has 160 valence electrons. The van der Waals surface area contributed by atoms with Crippen molar-refractivity contribution >= 4 is 35.0 Å². The average Bonchev–Trinajstić information content (AvgIpc) is 3.40. The first-order valence-corrected chi connectivity index (χ1v) is 14.5. The number of hydrogen-bond acceptors (Lipinski definition) is 1. The maximum Gasteiger partial charge on any atom is -0.0365 e. The van der Waals surface area contributed by atoms with Gasteiger partial charge in [0.25, 0.3) is 0 Å². The van der Waals surface area contributed by atoms with E-state index >= 15 is 0 Å². The van der Waals surface area contributed by atoms with Crippen molar-refractivity contribution in [3.8, 4) is 0 Å². The molecule has 0 aliphatic heterocycles. The Morgan fingerprint density at radius 1 is 0.750 bits per heavy atom. The van der Waals surface area contributed by atoms with Gasteiger partial charge < -0.3 is 5.11 Å². The molecule has 0 amide bonds. The molecule has 0 atom stereocenters. The Balaban J connectivity index is 0.000000162. The number of hydrogen-bond donors (Lipinski definition) is 1. The minimum absolute atomic E-state index is 0.516. The van der Waals surface area contributed by atoms with Crippen molar-refractivity contribution in [2.45, 2.75) is 12.5 Å². The molecule has 0 spiro atoms. The third kappa shape index (κ3) is 7.20.